The SMILES string of the molecule is CC(C)c1c(NN)ncnc1Oc1ccccc1. The molecule has 0 unspecified atom stereocenters. The summed E-state index contributed by atoms with van der Waals surface area (Å²) < 4.78 is 5.77. The number of nitrogen functional groups attached to an aromatic ring is 1. The van der Waals surface area contributed by atoms with E-state index in [1.165, 1.54) is 6.33 Å². The van der Waals surface area contributed by atoms with Gasteiger partial charge in [0.05, 0.1) is 5.56 Å². The number of hydrogen-bond donors (Lipinski definition) is 2. The lowest BCUT2D eigenvalue weighted by Gasteiger charge is -2.15. The van der Waals surface area contributed by atoms with E-state index >= 15 is 0 Å². The largest absolute Gasteiger partial charge is 0.439 e. The highest BCUT2D eigenvalue weighted by molar-refractivity contribution is 5.50. The summed E-state index contributed by atoms with van der Waals surface area (Å²) in [6.45, 7) is 4.08. The third kappa shape index (κ3) is 2.57. The number of aromatic nitrogens is 2. The van der Waals surface area contributed by atoms with Gasteiger partial charge >= 0.3 is 0 Å². The summed E-state index contributed by atoms with van der Waals surface area (Å²) in [6, 6.07) is 9.51. The number of ether oxygens (including phenoxy) is 1. The summed E-state index contributed by atoms with van der Waals surface area (Å²) in [6.07, 6.45) is 1.43. The van der Waals surface area contributed by atoms with Crippen LogP contribution in [0.25, 0.3) is 0 Å². The van der Waals surface area contributed by atoms with Crippen LogP contribution in [0.2, 0.25) is 0 Å². The van der Waals surface area contributed by atoms with Crippen LogP contribution < -0.4 is 16.0 Å². The number of rotatable bonds is 4. The van der Waals surface area contributed by atoms with Gasteiger partial charge in [0.1, 0.15) is 12.1 Å². The second kappa shape index (κ2) is 5.46. The molecule has 5 nitrogen and oxygen atoms in total. The summed E-state index contributed by atoms with van der Waals surface area (Å²) >= 11 is 0. The van der Waals surface area contributed by atoms with Crippen molar-refractivity contribution in [3.8, 4) is 11.6 Å². The molecule has 0 fully saturated rings. The van der Waals surface area contributed by atoms with E-state index in [1.54, 1.807) is 0 Å². The molecule has 1 heterocycles. The third-order valence-corrected chi connectivity index (χ3v) is 2.52. The van der Waals surface area contributed by atoms with Gasteiger partial charge in [0, 0.05) is 0 Å². The minimum absolute atomic E-state index is 0.205. The molecule has 0 atom stereocenters. The first kappa shape index (κ1) is 12.3. The van der Waals surface area contributed by atoms with Crippen LogP contribution in [0.4, 0.5) is 5.82 Å². The van der Waals surface area contributed by atoms with Gasteiger partial charge < -0.3 is 10.2 Å². The van der Waals surface area contributed by atoms with Crippen molar-refractivity contribution in [1.82, 2.24) is 9.97 Å². The zero-order valence-corrected chi connectivity index (χ0v) is 10.4. The Morgan fingerprint density at radius 1 is 1.17 bits per heavy atom. The maximum Gasteiger partial charge on any atom is 0.227 e. The molecular formula is C13H16N4O. The average molecular weight is 244 g/mol. The monoisotopic (exact) mass is 244 g/mol. The molecule has 2 rings (SSSR count). The molecule has 0 radical (unpaired) electrons. The molecule has 0 aliphatic rings. The summed E-state index contributed by atoms with van der Waals surface area (Å²) in [5.41, 5.74) is 3.44. The van der Waals surface area contributed by atoms with E-state index in [2.05, 4.69) is 15.4 Å². The average Bonchev–Trinajstić information content (AvgIpc) is 2.39. The minimum atomic E-state index is 0.205. The predicted octanol–water partition coefficient (Wildman–Crippen LogP) is 2.68. The van der Waals surface area contributed by atoms with E-state index < -0.39 is 0 Å². The van der Waals surface area contributed by atoms with Crippen LogP contribution in [-0.4, -0.2) is 9.97 Å². The van der Waals surface area contributed by atoms with Gasteiger partial charge in [0.2, 0.25) is 5.88 Å². The lowest BCUT2D eigenvalue weighted by atomic mass is 10.1. The van der Waals surface area contributed by atoms with Crippen LogP contribution in [0.15, 0.2) is 36.7 Å². The van der Waals surface area contributed by atoms with Gasteiger partial charge in [-0.1, -0.05) is 32.0 Å². The molecule has 94 valence electrons. The standard InChI is InChI=1S/C13H16N4O/c1-9(2)11-12(17-14)15-8-16-13(11)18-10-6-4-3-5-7-10/h3-9H,14H2,1-2H3,(H,15,16,17). The molecule has 1 aromatic heterocycles. The molecule has 0 spiro atoms. The zero-order valence-electron chi connectivity index (χ0n) is 10.4. The molecule has 0 bridgehead atoms. The highest BCUT2D eigenvalue weighted by atomic mass is 16.5. The molecule has 0 saturated heterocycles. The highest BCUT2D eigenvalue weighted by Crippen LogP contribution is 2.32. The molecule has 0 amide bonds. The van der Waals surface area contributed by atoms with Crippen molar-refractivity contribution < 1.29 is 4.74 Å². The number of para-hydroxylation sites is 1. The van der Waals surface area contributed by atoms with Crippen LogP contribution in [0.1, 0.15) is 25.3 Å². The smallest absolute Gasteiger partial charge is 0.227 e. The Hall–Kier alpha value is -2.14. The van der Waals surface area contributed by atoms with E-state index in [0.29, 0.717) is 11.7 Å². The normalized spacial score (nSPS) is 10.4. The van der Waals surface area contributed by atoms with Crippen molar-refractivity contribution in [2.24, 2.45) is 5.84 Å². The molecule has 18 heavy (non-hydrogen) atoms. The van der Waals surface area contributed by atoms with E-state index in [4.69, 9.17) is 10.6 Å². The van der Waals surface area contributed by atoms with E-state index in [-0.39, 0.29) is 5.92 Å². The number of hydrazine groups is 1. The first-order valence-electron chi connectivity index (χ1n) is 5.76. The maximum absolute atomic E-state index is 5.77. The Balaban J connectivity index is 2.38. The Labute approximate surface area is 106 Å². The van der Waals surface area contributed by atoms with Crippen molar-refractivity contribution in [2.75, 3.05) is 5.43 Å². The van der Waals surface area contributed by atoms with E-state index in [9.17, 15) is 0 Å². The highest BCUT2D eigenvalue weighted by Gasteiger charge is 2.16. The van der Waals surface area contributed by atoms with Gasteiger partial charge in [0.15, 0.2) is 5.82 Å². The lowest BCUT2D eigenvalue weighted by Crippen LogP contribution is -2.13. The van der Waals surface area contributed by atoms with Gasteiger partial charge in [-0.25, -0.2) is 15.8 Å². The topological polar surface area (TPSA) is 73.1 Å². The van der Waals surface area contributed by atoms with Crippen molar-refractivity contribution >= 4 is 5.82 Å². The molecular weight excluding hydrogens is 228 g/mol. The van der Waals surface area contributed by atoms with Crippen molar-refractivity contribution in [3.05, 3.63) is 42.2 Å². The molecule has 3 N–H and O–H groups in total. The summed E-state index contributed by atoms with van der Waals surface area (Å²) in [5, 5.41) is 0. The van der Waals surface area contributed by atoms with Gasteiger partial charge in [-0.3, -0.25) is 0 Å². The van der Waals surface area contributed by atoms with Gasteiger partial charge in [-0.05, 0) is 18.1 Å². The van der Waals surface area contributed by atoms with Gasteiger partial charge in [-0.15, -0.1) is 0 Å². The number of nitrogens with two attached hydrogens (primary N) is 1. The van der Waals surface area contributed by atoms with Crippen LogP contribution >= 0.6 is 0 Å². The minimum Gasteiger partial charge on any atom is -0.439 e. The molecule has 2 aromatic rings. The Morgan fingerprint density at radius 3 is 2.50 bits per heavy atom. The quantitative estimate of drug-likeness (QED) is 0.639. The predicted molar refractivity (Wildman–Crippen MR) is 70.4 cm³/mol. The summed E-state index contributed by atoms with van der Waals surface area (Å²) in [5.74, 6) is 7.51. The van der Waals surface area contributed by atoms with Crippen LogP contribution in [0, 0.1) is 0 Å². The van der Waals surface area contributed by atoms with Gasteiger partial charge in [-0.2, -0.15) is 0 Å². The zero-order chi connectivity index (χ0) is 13.0. The fourth-order valence-electron chi connectivity index (χ4n) is 1.70. The third-order valence-electron chi connectivity index (χ3n) is 2.52. The van der Waals surface area contributed by atoms with E-state index in [1.807, 2.05) is 44.2 Å². The number of hydrogen-bond acceptors (Lipinski definition) is 5. The fraction of sp³-hybridized carbons (Fsp3) is 0.231. The number of anilines is 1. The van der Waals surface area contributed by atoms with Crippen LogP contribution in [-0.2, 0) is 0 Å². The van der Waals surface area contributed by atoms with Crippen molar-refractivity contribution in [3.63, 3.8) is 0 Å². The molecule has 0 aliphatic carbocycles. The molecule has 5 heteroatoms. The maximum atomic E-state index is 5.77. The number of nitrogens with zero attached hydrogens (tertiary/aromatic N) is 2. The first-order valence-corrected chi connectivity index (χ1v) is 5.76. The molecule has 0 saturated carbocycles. The van der Waals surface area contributed by atoms with E-state index in [0.717, 1.165) is 11.3 Å². The van der Waals surface area contributed by atoms with Gasteiger partial charge in [0.25, 0.3) is 0 Å². The van der Waals surface area contributed by atoms with Crippen molar-refractivity contribution in [2.45, 2.75) is 19.8 Å². The molecule has 0 aliphatic heterocycles. The second-order valence-electron chi connectivity index (χ2n) is 4.16. The first-order chi connectivity index (χ1) is 8.72. The summed E-state index contributed by atoms with van der Waals surface area (Å²) in [7, 11) is 0. The number of nitrogens with one attached hydrogen (secondary N) is 1. The van der Waals surface area contributed by atoms with Crippen LogP contribution in [0.5, 0.6) is 11.6 Å². The Bertz CT molecular complexity index is 514. The van der Waals surface area contributed by atoms with Crippen molar-refractivity contribution in [1.29, 1.82) is 0 Å². The lowest BCUT2D eigenvalue weighted by molar-refractivity contribution is 0.452. The fourth-order valence-corrected chi connectivity index (χ4v) is 1.70. The Kier molecular flexibility index (Phi) is 3.74. The van der Waals surface area contributed by atoms with Crippen LogP contribution in [0.3, 0.4) is 0 Å². The second-order valence-corrected chi connectivity index (χ2v) is 4.16. The Morgan fingerprint density at radius 2 is 1.89 bits per heavy atom. The number of benzene rings is 1. The molecule has 1 aromatic carbocycles. The summed E-state index contributed by atoms with van der Waals surface area (Å²) in [4.78, 5) is 8.27.